The maximum absolute atomic E-state index is 6.21. The van der Waals surface area contributed by atoms with Crippen LogP contribution in [0.4, 0.5) is 0 Å². The van der Waals surface area contributed by atoms with Crippen LogP contribution in [0.2, 0.25) is 0 Å². The van der Waals surface area contributed by atoms with Gasteiger partial charge >= 0.3 is 0 Å². The molecule has 2 nitrogen and oxygen atoms in total. The van der Waals surface area contributed by atoms with Gasteiger partial charge in [0.25, 0.3) is 0 Å². The van der Waals surface area contributed by atoms with Crippen molar-refractivity contribution < 1.29 is 0 Å². The zero-order chi connectivity index (χ0) is 13.9. The largest absolute Gasteiger partial charge is 0.329 e. The molecule has 2 N–H and O–H groups in total. The summed E-state index contributed by atoms with van der Waals surface area (Å²) in [7, 11) is 0. The van der Waals surface area contributed by atoms with E-state index >= 15 is 0 Å². The Balaban J connectivity index is 1.92. The first kappa shape index (κ1) is 15.3. The van der Waals surface area contributed by atoms with E-state index in [1.807, 2.05) is 0 Å². The number of rotatable bonds is 4. The molecule has 1 saturated heterocycles. The summed E-state index contributed by atoms with van der Waals surface area (Å²) >= 11 is 0. The molecule has 1 aliphatic heterocycles. The molecule has 2 heteroatoms. The molecule has 2 aliphatic rings. The van der Waals surface area contributed by atoms with Crippen LogP contribution >= 0.6 is 0 Å². The normalized spacial score (nSPS) is 34.9. The lowest BCUT2D eigenvalue weighted by atomic mass is 9.73. The third-order valence-corrected chi connectivity index (χ3v) is 6.15. The number of nitrogens with zero attached hydrogens (tertiary/aromatic N) is 1. The minimum absolute atomic E-state index is 0.355. The number of hydrogen-bond donors (Lipinski definition) is 1. The van der Waals surface area contributed by atoms with Crippen molar-refractivity contribution in [3.05, 3.63) is 0 Å². The van der Waals surface area contributed by atoms with Gasteiger partial charge in [-0.15, -0.1) is 0 Å². The summed E-state index contributed by atoms with van der Waals surface area (Å²) in [4.78, 5) is 2.76. The molecule has 0 bridgehead atoms. The molecule has 1 heterocycles. The molecule has 0 aromatic carbocycles. The van der Waals surface area contributed by atoms with Crippen molar-refractivity contribution in [3.8, 4) is 0 Å². The average molecular weight is 266 g/mol. The van der Waals surface area contributed by atoms with E-state index in [-0.39, 0.29) is 0 Å². The van der Waals surface area contributed by atoms with Gasteiger partial charge in [-0.3, -0.25) is 4.90 Å². The van der Waals surface area contributed by atoms with E-state index < -0.39 is 0 Å². The Morgan fingerprint density at radius 3 is 2.11 bits per heavy atom. The lowest BCUT2D eigenvalue weighted by molar-refractivity contribution is 0.00946. The summed E-state index contributed by atoms with van der Waals surface area (Å²) in [5.74, 6) is 2.76. The number of likely N-dealkylation sites (tertiary alicyclic amines) is 1. The molecule has 0 spiro atoms. The Morgan fingerprint density at radius 2 is 1.68 bits per heavy atom. The van der Waals surface area contributed by atoms with Crippen molar-refractivity contribution >= 4 is 0 Å². The van der Waals surface area contributed by atoms with E-state index in [4.69, 9.17) is 5.73 Å². The summed E-state index contributed by atoms with van der Waals surface area (Å²) < 4.78 is 0. The lowest BCUT2D eigenvalue weighted by Crippen LogP contribution is -2.58. The predicted molar refractivity (Wildman–Crippen MR) is 83.2 cm³/mol. The second kappa shape index (κ2) is 6.58. The molecular weight excluding hydrogens is 232 g/mol. The molecule has 1 aliphatic carbocycles. The number of hydrogen-bond acceptors (Lipinski definition) is 2. The fourth-order valence-electron chi connectivity index (χ4n) is 4.31. The average Bonchev–Trinajstić information content (AvgIpc) is 2.47. The van der Waals surface area contributed by atoms with Crippen LogP contribution in [0.1, 0.15) is 65.7 Å². The van der Waals surface area contributed by atoms with Gasteiger partial charge in [0.15, 0.2) is 0 Å². The van der Waals surface area contributed by atoms with Crippen LogP contribution in [0.3, 0.4) is 0 Å². The molecule has 19 heavy (non-hydrogen) atoms. The summed E-state index contributed by atoms with van der Waals surface area (Å²) in [6.07, 6.45) is 9.61. The Hall–Kier alpha value is -0.0800. The van der Waals surface area contributed by atoms with Gasteiger partial charge < -0.3 is 5.73 Å². The van der Waals surface area contributed by atoms with Crippen LogP contribution in [-0.2, 0) is 0 Å². The predicted octanol–water partition coefficient (Wildman–Crippen LogP) is 3.65. The number of nitrogens with two attached hydrogens (primary N) is 1. The van der Waals surface area contributed by atoms with E-state index in [0.717, 1.165) is 24.3 Å². The zero-order valence-corrected chi connectivity index (χ0v) is 13.3. The monoisotopic (exact) mass is 266 g/mol. The molecule has 0 radical (unpaired) electrons. The lowest BCUT2D eigenvalue weighted by Gasteiger charge is -2.50. The second-order valence-electron chi connectivity index (χ2n) is 7.35. The van der Waals surface area contributed by atoms with Crippen LogP contribution in [0.15, 0.2) is 0 Å². The van der Waals surface area contributed by atoms with Gasteiger partial charge in [-0.2, -0.15) is 0 Å². The van der Waals surface area contributed by atoms with Crippen molar-refractivity contribution in [3.63, 3.8) is 0 Å². The molecule has 2 rings (SSSR count). The Morgan fingerprint density at radius 1 is 1.11 bits per heavy atom. The van der Waals surface area contributed by atoms with E-state index in [1.54, 1.807) is 0 Å². The molecule has 0 aromatic heterocycles. The number of piperidine rings is 1. The van der Waals surface area contributed by atoms with Crippen LogP contribution in [0, 0.1) is 17.8 Å². The van der Waals surface area contributed by atoms with Gasteiger partial charge in [-0.25, -0.2) is 0 Å². The molecular formula is C17H34N2. The van der Waals surface area contributed by atoms with Crippen molar-refractivity contribution in [2.24, 2.45) is 23.5 Å². The highest BCUT2D eigenvalue weighted by molar-refractivity contribution is 4.97. The van der Waals surface area contributed by atoms with Gasteiger partial charge in [0.05, 0.1) is 0 Å². The Bertz CT molecular complexity index is 258. The quantitative estimate of drug-likeness (QED) is 0.841. The van der Waals surface area contributed by atoms with E-state index in [9.17, 15) is 0 Å². The van der Waals surface area contributed by atoms with E-state index in [1.165, 1.54) is 58.0 Å². The first-order chi connectivity index (χ1) is 9.11. The smallest absolute Gasteiger partial charge is 0.0331 e. The fourth-order valence-corrected chi connectivity index (χ4v) is 4.31. The molecule has 0 amide bonds. The maximum Gasteiger partial charge on any atom is 0.0331 e. The molecule has 0 atom stereocenters. The SMILES string of the molecule is CCC1CCC(CN)(N2CCC(C(C)C)CC2)CC1. The highest BCUT2D eigenvalue weighted by Gasteiger charge is 2.40. The third-order valence-electron chi connectivity index (χ3n) is 6.15. The zero-order valence-electron chi connectivity index (χ0n) is 13.3. The Kier molecular flexibility index (Phi) is 5.30. The second-order valence-corrected chi connectivity index (χ2v) is 7.35. The summed E-state index contributed by atoms with van der Waals surface area (Å²) in [5.41, 5.74) is 6.56. The molecule has 0 unspecified atom stereocenters. The summed E-state index contributed by atoms with van der Waals surface area (Å²) in [6.45, 7) is 10.6. The van der Waals surface area contributed by atoms with Gasteiger partial charge in [-0.1, -0.05) is 27.2 Å². The topological polar surface area (TPSA) is 29.3 Å². The van der Waals surface area contributed by atoms with E-state index in [0.29, 0.717) is 5.54 Å². The fraction of sp³-hybridized carbons (Fsp3) is 1.00. The molecule has 2 fully saturated rings. The van der Waals surface area contributed by atoms with Crippen molar-refractivity contribution in [2.75, 3.05) is 19.6 Å². The van der Waals surface area contributed by atoms with Gasteiger partial charge in [-0.05, 0) is 69.4 Å². The third kappa shape index (κ3) is 3.33. The first-order valence-corrected chi connectivity index (χ1v) is 8.56. The van der Waals surface area contributed by atoms with E-state index in [2.05, 4.69) is 25.7 Å². The van der Waals surface area contributed by atoms with Crippen molar-refractivity contribution in [2.45, 2.75) is 71.3 Å². The van der Waals surface area contributed by atoms with Crippen molar-refractivity contribution in [1.82, 2.24) is 4.90 Å². The molecule has 112 valence electrons. The molecule has 1 saturated carbocycles. The highest BCUT2D eigenvalue weighted by Crippen LogP contribution is 2.39. The Labute approximate surface area is 120 Å². The minimum Gasteiger partial charge on any atom is -0.329 e. The van der Waals surface area contributed by atoms with Gasteiger partial charge in [0.1, 0.15) is 0 Å². The first-order valence-electron chi connectivity index (χ1n) is 8.56. The van der Waals surface area contributed by atoms with Gasteiger partial charge in [0.2, 0.25) is 0 Å². The standard InChI is InChI=1S/C17H34N2/c1-4-15-5-9-17(13-18,10-6-15)19-11-7-16(8-12-19)14(2)3/h14-16H,4-13,18H2,1-3H3. The van der Waals surface area contributed by atoms with Gasteiger partial charge in [0, 0.05) is 12.1 Å². The van der Waals surface area contributed by atoms with Crippen LogP contribution in [0.5, 0.6) is 0 Å². The van der Waals surface area contributed by atoms with Crippen LogP contribution in [-0.4, -0.2) is 30.1 Å². The van der Waals surface area contributed by atoms with Crippen LogP contribution in [0.25, 0.3) is 0 Å². The summed E-state index contributed by atoms with van der Waals surface area (Å²) in [6, 6.07) is 0. The summed E-state index contributed by atoms with van der Waals surface area (Å²) in [5, 5.41) is 0. The van der Waals surface area contributed by atoms with Crippen molar-refractivity contribution in [1.29, 1.82) is 0 Å². The van der Waals surface area contributed by atoms with Crippen LogP contribution < -0.4 is 5.73 Å². The molecule has 0 aromatic rings. The minimum atomic E-state index is 0.355. The maximum atomic E-state index is 6.21. The highest BCUT2D eigenvalue weighted by atomic mass is 15.2.